The number of rotatable bonds is 6. The Labute approximate surface area is 156 Å². The van der Waals surface area contributed by atoms with E-state index in [0.29, 0.717) is 6.54 Å². The van der Waals surface area contributed by atoms with Gasteiger partial charge in [0.05, 0.1) is 7.11 Å². The fraction of sp³-hybridized carbons (Fsp3) is 0.143. The Morgan fingerprint density at radius 3 is 2.32 bits per heavy atom. The predicted octanol–water partition coefficient (Wildman–Crippen LogP) is 5.15. The first-order valence-electron chi connectivity index (χ1n) is 8.06. The second-order valence-electron chi connectivity index (χ2n) is 5.74. The molecule has 3 aromatic rings. The predicted molar refractivity (Wildman–Crippen MR) is 105 cm³/mol. The molecule has 0 aliphatic rings. The SMILES string of the molecule is COc1ccc(CNc2ccccc2C(O)c2ccc(Br)cc2)cc1. The van der Waals surface area contributed by atoms with Crippen molar-refractivity contribution in [3.63, 3.8) is 0 Å². The van der Waals surface area contributed by atoms with Crippen LogP contribution < -0.4 is 10.1 Å². The molecule has 0 aliphatic carbocycles. The molecule has 0 bridgehead atoms. The minimum atomic E-state index is -0.673. The molecule has 0 heterocycles. The molecule has 0 amide bonds. The topological polar surface area (TPSA) is 41.5 Å². The van der Waals surface area contributed by atoms with Crippen LogP contribution in [0.3, 0.4) is 0 Å². The van der Waals surface area contributed by atoms with Crippen LogP contribution in [-0.4, -0.2) is 12.2 Å². The van der Waals surface area contributed by atoms with Crippen LogP contribution in [-0.2, 0) is 6.54 Å². The fourth-order valence-corrected chi connectivity index (χ4v) is 2.93. The van der Waals surface area contributed by atoms with Gasteiger partial charge in [0.15, 0.2) is 0 Å². The monoisotopic (exact) mass is 397 g/mol. The van der Waals surface area contributed by atoms with Crippen LogP contribution in [0.5, 0.6) is 5.75 Å². The number of aliphatic hydroxyl groups excluding tert-OH is 1. The molecule has 0 saturated heterocycles. The Morgan fingerprint density at radius 2 is 1.64 bits per heavy atom. The molecule has 3 aromatic carbocycles. The second kappa shape index (κ2) is 8.19. The van der Waals surface area contributed by atoms with Crippen LogP contribution in [0.2, 0.25) is 0 Å². The summed E-state index contributed by atoms with van der Waals surface area (Å²) >= 11 is 3.42. The van der Waals surface area contributed by atoms with Crippen molar-refractivity contribution in [2.75, 3.05) is 12.4 Å². The molecule has 3 nitrogen and oxygen atoms in total. The van der Waals surface area contributed by atoms with E-state index < -0.39 is 6.10 Å². The number of halogens is 1. The summed E-state index contributed by atoms with van der Waals surface area (Å²) in [6.45, 7) is 0.675. The van der Waals surface area contributed by atoms with Gasteiger partial charge in [0.1, 0.15) is 11.9 Å². The number of nitrogens with one attached hydrogen (secondary N) is 1. The lowest BCUT2D eigenvalue weighted by molar-refractivity contribution is 0.221. The van der Waals surface area contributed by atoms with Crippen LogP contribution in [0.1, 0.15) is 22.8 Å². The maximum atomic E-state index is 10.8. The third-order valence-corrected chi connectivity index (χ3v) is 4.61. The van der Waals surface area contributed by atoms with Crippen molar-refractivity contribution in [3.05, 3.63) is 94.0 Å². The molecule has 3 rings (SSSR count). The van der Waals surface area contributed by atoms with Crippen molar-refractivity contribution in [2.45, 2.75) is 12.6 Å². The molecule has 4 heteroatoms. The van der Waals surface area contributed by atoms with Crippen LogP contribution >= 0.6 is 15.9 Å². The Balaban J connectivity index is 1.76. The van der Waals surface area contributed by atoms with Crippen molar-refractivity contribution in [2.24, 2.45) is 0 Å². The van der Waals surface area contributed by atoms with E-state index in [1.165, 1.54) is 0 Å². The van der Waals surface area contributed by atoms with Gasteiger partial charge in [-0.2, -0.15) is 0 Å². The molecule has 0 radical (unpaired) electrons. The van der Waals surface area contributed by atoms with Gasteiger partial charge in [0.25, 0.3) is 0 Å². The van der Waals surface area contributed by atoms with E-state index in [4.69, 9.17) is 4.74 Å². The van der Waals surface area contributed by atoms with Crippen molar-refractivity contribution in [1.82, 2.24) is 0 Å². The van der Waals surface area contributed by atoms with E-state index in [9.17, 15) is 5.11 Å². The number of hydrogen-bond acceptors (Lipinski definition) is 3. The van der Waals surface area contributed by atoms with Gasteiger partial charge in [-0.15, -0.1) is 0 Å². The number of hydrogen-bond donors (Lipinski definition) is 2. The summed E-state index contributed by atoms with van der Waals surface area (Å²) < 4.78 is 6.18. The third-order valence-electron chi connectivity index (χ3n) is 4.08. The summed E-state index contributed by atoms with van der Waals surface area (Å²) in [5, 5.41) is 14.2. The van der Waals surface area contributed by atoms with Crippen molar-refractivity contribution in [1.29, 1.82) is 0 Å². The Hall–Kier alpha value is -2.30. The molecule has 0 aliphatic heterocycles. The lowest BCUT2D eigenvalue weighted by Gasteiger charge is -2.17. The smallest absolute Gasteiger partial charge is 0.118 e. The van der Waals surface area contributed by atoms with Crippen LogP contribution in [0.25, 0.3) is 0 Å². The van der Waals surface area contributed by atoms with E-state index >= 15 is 0 Å². The lowest BCUT2D eigenvalue weighted by atomic mass is 10.00. The van der Waals surface area contributed by atoms with Gasteiger partial charge >= 0.3 is 0 Å². The lowest BCUT2D eigenvalue weighted by Crippen LogP contribution is -2.07. The van der Waals surface area contributed by atoms with Crippen molar-refractivity contribution < 1.29 is 9.84 Å². The summed E-state index contributed by atoms with van der Waals surface area (Å²) in [6, 6.07) is 23.5. The van der Waals surface area contributed by atoms with E-state index in [0.717, 1.165) is 32.6 Å². The van der Waals surface area contributed by atoms with Gasteiger partial charge in [-0.05, 0) is 41.5 Å². The van der Waals surface area contributed by atoms with Crippen LogP contribution in [0.15, 0.2) is 77.3 Å². The number of methoxy groups -OCH3 is 1. The Kier molecular flexibility index (Phi) is 5.74. The Morgan fingerprint density at radius 1 is 0.960 bits per heavy atom. The fourth-order valence-electron chi connectivity index (χ4n) is 2.66. The number of ether oxygens (including phenoxy) is 1. The maximum absolute atomic E-state index is 10.8. The number of aliphatic hydroxyl groups is 1. The highest BCUT2D eigenvalue weighted by molar-refractivity contribution is 9.10. The maximum Gasteiger partial charge on any atom is 0.118 e. The molecule has 25 heavy (non-hydrogen) atoms. The molecule has 1 atom stereocenters. The minimum absolute atomic E-state index is 0.673. The van der Waals surface area contributed by atoms with E-state index in [1.807, 2.05) is 72.8 Å². The zero-order valence-electron chi connectivity index (χ0n) is 13.9. The third kappa shape index (κ3) is 4.41. The minimum Gasteiger partial charge on any atom is -0.497 e. The van der Waals surface area contributed by atoms with Gasteiger partial charge in [0.2, 0.25) is 0 Å². The molecule has 0 spiro atoms. The number of benzene rings is 3. The highest BCUT2D eigenvalue weighted by Crippen LogP contribution is 2.29. The summed E-state index contributed by atoms with van der Waals surface area (Å²) in [5.74, 6) is 0.842. The molecule has 0 fully saturated rings. The zero-order chi connectivity index (χ0) is 17.6. The van der Waals surface area contributed by atoms with E-state index in [1.54, 1.807) is 7.11 Å². The largest absolute Gasteiger partial charge is 0.497 e. The first kappa shape index (κ1) is 17.5. The molecule has 128 valence electrons. The van der Waals surface area contributed by atoms with Crippen LogP contribution in [0.4, 0.5) is 5.69 Å². The summed E-state index contributed by atoms with van der Waals surface area (Å²) in [5.41, 5.74) is 3.79. The second-order valence-corrected chi connectivity index (χ2v) is 6.66. The van der Waals surface area contributed by atoms with Crippen molar-refractivity contribution in [3.8, 4) is 5.75 Å². The zero-order valence-corrected chi connectivity index (χ0v) is 15.5. The molecule has 0 saturated carbocycles. The first-order chi connectivity index (χ1) is 12.2. The normalized spacial score (nSPS) is 11.8. The summed E-state index contributed by atoms with van der Waals surface area (Å²) in [6.07, 6.45) is -0.673. The Bertz CT molecular complexity index is 816. The number of para-hydroxylation sites is 1. The van der Waals surface area contributed by atoms with E-state index in [-0.39, 0.29) is 0 Å². The highest BCUT2D eigenvalue weighted by atomic mass is 79.9. The number of anilines is 1. The van der Waals surface area contributed by atoms with Gasteiger partial charge in [-0.3, -0.25) is 0 Å². The molecular formula is C21H20BrNO2. The van der Waals surface area contributed by atoms with Gasteiger partial charge in [-0.1, -0.05) is 58.4 Å². The van der Waals surface area contributed by atoms with Crippen LogP contribution in [0, 0.1) is 0 Å². The van der Waals surface area contributed by atoms with E-state index in [2.05, 4.69) is 21.2 Å². The molecule has 2 N–H and O–H groups in total. The summed E-state index contributed by atoms with van der Waals surface area (Å²) in [7, 11) is 1.66. The average Bonchev–Trinajstić information content (AvgIpc) is 2.67. The molecule has 0 aromatic heterocycles. The summed E-state index contributed by atoms with van der Waals surface area (Å²) in [4.78, 5) is 0. The van der Waals surface area contributed by atoms with Gasteiger partial charge in [0, 0.05) is 22.3 Å². The average molecular weight is 398 g/mol. The molecule has 1 unspecified atom stereocenters. The standard InChI is InChI=1S/C21H20BrNO2/c1-25-18-12-6-15(7-13-18)14-23-20-5-3-2-4-19(20)21(24)16-8-10-17(22)11-9-16/h2-13,21,23-24H,14H2,1H3. The molecular weight excluding hydrogens is 378 g/mol. The van der Waals surface area contributed by atoms with Gasteiger partial charge < -0.3 is 15.2 Å². The first-order valence-corrected chi connectivity index (χ1v) is 8.86. The quantitative estimate of drug-likeness (QED) is 0.603. The van der Waals surface area contributed by atoms with Crippen molar-refractivity contribution >= 4 is 21.6 Å². The highest BCUT2D eigenvalue weighted by Gasteiger charge is 2.14. The van der Waals surface area contributed by atoms with Gasteiger partial charge in [-0.25, -0.2) is 0 Å².